The summed E-state index contributed by atoms with van der Waals surface area (Å²) in [6, 6.07) is 20.0. The van der Waals surface area contributed by atoms with Crippen molar-refractivity contribution in [1.29, 1.82) is 0 Å². The summed E-state index contributed by atoms with van der Waals surface area (Å²) in [4.78, 5) is 32.8. The van der Waals surface area contributed by atoms with Crippen molar-refractivity contribution >= 4 is 33.8 Å². The summed E-state index contributed by atoms with van der Waals surface area (Å²) in [7, 11) is 4.45. The third-order valence-corrected chi connectivity index (χ3v) is 6.66. The predicted molar refractivity (Wildman–Crippen MR) is 161 cm³/mol. The van der Waals surface area contributed by atoms with Crippen molar-refractivity contribution in [3.63, 3.8) is 0 Å². The molecule has 3 aromatic heterocycles. The Kier molecular flexibility index (Phi) is 7.33. The van der Waals surface area contributed by atoms with Gasteiger partial charge in [0.05, 0.1) is 48.8 Å². The zero-order valence-corrected chi connectivity index (χ0v) is 23.6. The molecule has 0 N–H and O–H groups in total. The highest BCUT2D eigenvalue weighted by Crippen LogP contribution is 2.41. The zero-order chi connectivity index (χ0) is 30.8. The largest absolute Gasteiger partial charge is 0.496 e. The molecule has 6 aromatic rings. The van der Waals surface area contributed by atoms with Crippen LogP contribution in [0.25, 0.3) is 33.5 Å². The maximum Gasteiger partial charge on any atom is 0.287 e. The molecule has 3 aromatic carbocycles. The van der Waals surface area contributed by atoms with Crippen molar-refractivity contribution in [3.8, 4) is 40.5 Å². The van der Waals surface area contributed by atoms with Crippen molar-refractivity contribution in [2.45, 2.75) is 0 Å². The number of nitrogens with zero attached hydrogens (tertiary/aromatic N) is 5. The molecular formula is C31H23N5O8. The number of benzene rings is 3. The molecule has 0 radical (unpaired) electrons. The standard InChI is InChI=1S/C31H23N5O8/c1-40-23-9-6-10-24-21(23)15-27(43-24)30-34-22-8-5-4-7-20(22)31(37)35(30)33-16-18-13-25(41-2)29(26(14-18)42-3)44-28-12-11-19(17-32-28)36(38)39/h4-17H,1-3H3. The Labute approximate surface area is 248 Å². The number of aromatic nitrogens is 3. The van der Waals surface area contributed by atoms with Crippen LogP contribution in [0.1, 0.15) is 5.56 Å². The van der Waals surface area contributed by atoms with Gasteiger partial charge in [-0.2, -0.15) is 9.78 Å². The topological polar surface area (TPSA) is 153 Å². The molecule has 0 aliphatic rings. The van der Waals surface area contributed by atoms with E-state index in [4.69, 9.17) is 28.3 Å². The van der Waals surface area contributed by atoms with Crippen molar-refractivity contribution in [2.24, 2.45) is 5.10 Å². The first kappa shape index (κ1) is 27.9. The number of pyridine rings is 1. The van der Waals surface area contributed by atoms with Crippen molar-refractivity contribution in [3.05, 3.63) is 105 Å². The maximum atomic E-state index is 13.7. The Morgan fingerprint density at radius 1 is 0.909 bits per heavy atom. The number of methoxy groups -OCH3 is 3. The first-order chi connectivity index (χ1) is 21.4. The molecule has 0 atom stereocenters. The lowest BCUT2D eigenvalue weighted by atomic mass is 10.2. The molecule has 6 rings (SSSR count). The van der Waals surface area contributed by atoms with Gasteiger partial charge in [0.2, 0.25) is 17.5 Å². The van der Waals surface area contributed by atoms with Gasteiger partial charge in [-0.15, -0.1) is 0 Å². The van der Waals surface area contributed by atoms with Crippen LogP contribution in [0.4, 0.5) is 5.69 Å². The summed E-state index contributed by atoms with van der Waals surface area (Å²) < 4.78 is 29.6. The van der Waals surface area contributed by atoms with Crippen LogP contribution in [0.2, 0.25) is 0 Å². The Hall–Kier alpha value is -6.24. The average molecular weight is 594 g/mol. The second-order valence-electron chi connectivity index (χ2n) is 9.27. The number of fused-ring (bicyclic) bond motifs is 2. The van der Waals surface area contributed by atoms with Gasteiger partial charge in [-0.1, -0.05) is 18.2 Å². The smallest absolute Gasteiger partial charge is 0.287 e. The van der Waals surface area contributed by atoms with Gasteiger partial charge in [0.25, 0.3) is 11.2 Å². The quantitative estimate of drug-likeness (QED) is 0.114. The molecular weight excluding hydrogens is 570 g/mol. The molecule has 0 saturated heterocycles. The second-order valence-corrected chi connectivity index (χ2v) is 9.27. The lowest BCUT2D eigenvalue weighted by Gasteiger charge is -2.14. The molecule has 0 bridgehead atoms. The van der Waals surface area contributed by atoms with Crippen LogP contribution in [0, 0.1) is 10.1 Å². The number of ether oxygens (including phenoxy) is 4. The molecule has 0 spiro atoms. The number of nitro groups is 1. The lowest BCUT2D eigenvalue weighted by Crippen LogP contribution is -2.20. The van der Waals surface area contributed by atoms with Gasteiger partial charge in [0, 0.05) is 17.7 Å². The SMILES string of the molecule is COc1cc(C=Nn2c(-c3cc4c(OC)cccc4o3)nc3ccccc3c2=O)cc(OC)c1Oc1ccc([N+](=O)[O-])cn1. The first-order valence-corrected chi connectivity index (χ1v) is 13.1. The molecule has 13 heteroatoms. The minimum absolute atomic E-state index is 0.0921. The van der Waals surface area contributed by atoms with E-state index in [1.165, 1.54) is 32.6 Å². The highest BCUT2D eigenvalue weighted by molar-refractivity contribution is 5.89. The van der Waals surface area contributed by atoms with Crippen LogP contribution in [0.5, 0.6) is 28.9 Å². The Morgan fingerprint density at radius 2 is 1.66 bits per heavy atom. The van der Waals surface area contributed by atoms with Crippen LogP contribution in [0.15, 0.2) is 93.3 Å². The van der Waals surface area contributed by atoms with Crippen LogP contribution in [-0.2, 0) is 0 Å². The van der Waals surface area contributed by atoms with Crippen molar-refractivity contribution in [1.82, 2.24) is 14.6 Å². The van der Waals surface area contributed by atoms with Gasteiger partial charge in [-0.25, -0.2) is 9.97 Å². The van der Waals surface area contributed by atoms with Gasteiger partial charge >= 0.3 is 0 Å². The number of furan rings is 1. The third kappa shape index (κ3) is 5.13. The Bertz CT molecular complexity index is 2090. The summed E-state index contributed by atoms with van der Waals surface area (Å²) in [5.74, 6) is 1.93. The predicted octanol–water partition coefficient (Wildman–Crippen LogP) is 5.81. The average Bonchev–Trinajstić information content (AvgIpc) is 3.49. The van der Waals surface area contributed by atoms with Gasteiger partial charge in [-0.3, -0.25) is 14.9 Å². The van der Waals surface area contributed by atoms with E-state index in [0.29, 0.717) is 33.6 Å². The number of hydrogen-bond donors (Lipinski definition) is 0. The fourth-order valence-corrected chi connectivity index (χ4v) is 4.56. The van der Waals surface area contributed by atoms with Gasteiger partial charge < -0.3 is 23.4 Å². The van der Waals surface area contributed by atoms with E-state index in [2.05, 4.69) is 10.1 Å². The van der Waals surface area contributed by atoms with Crippen molar-refractivity contribution < 1.29 is 28.3 Å². The van der Waals surface area contributed by atoms with Gasteiger partial charge in [0.15, 0.2) is 17.3 Å². The van der Waals surface area contributed by atoms with E-state index >= 15 is 0 Å². The highest BCUT2D eigenvalue weighted by Gasteiger charge is 2.19. The first-order valence-electron chi connectivity index (χ1n) is 13.1. The van der Waals surface area contributed by atoms with E-state index in [0.717, 1.165) is 16.3 Å². The molecule has 3 heterocycles. The van der Waals surface area contributed by atoms with Gasteiger partial charge in [-0.05, 0) is 42.5 Å². The van der Waals surface area contributed by atoms with E-state index in [-0.39, 0.29) is 34.6 Å². The van der Waals surface area contributed by atoms with E-state index in [9.17, 15) is 14.9 Å². The summed E-state index contributed by atoms with van der Waals surface area (Å²) in [5, 5.41) is 16.6. The molecule has 0 fully saturated rings. The second kappa shape index (κ2) is 11.6. The lowest BCUT2D eigenvalue weighted by molar-refractivity contribution is -0.385. The Morgan fingerprint density at radius 3 is 2.34 bits per heavy atom. The Balaban J connectivity index is 1.43. The fourth-order valence-electron chi connectivity index (χ4n) is 4.56. The fraction of sp³-hybridized carbons (Fsp3) is 0.0968. The summed E-state index contributed by atoms with van der Waals surface area (Å²) >= 11 is 0. The summed E-state index contributed by atoms with van der Waals surface area (Å²) in [6.07, 6.45) is 2.53. The normalized spacial score (nSPS) is 11.2. The van der Waals surface area contributed by atoms with Crippen molar-refractivity contribution in [2.75, 3.05) is 21.3 Å². The maximum absolute atomic E-state index is 13.7. The minimum atomic E-state index is -0.557. The summed E-state index contributed by atoms with van der Waals surface area (Å²) in [6.45, 7) is 0. The molecule has 13 nitrogen and oxygen atoms in total. The van der Waals surface area contributed by atoms with Crippen LogP contribution in [-0.4, -0.2) is 47.1 Å². The van der Waals surface area contributed by atoms with Crippen LogP contribution in [0.3, 0.4) is 0 Å². The monoisotopic (exact) mass is 593 g/mol. The molecule has 220 valence electrons. The molecule has 0 unspecified atom stereocenters. The molecule has 0 aliphatic heterocycles. The van der Waals surface area contributed by atoms with Crippen LogP contribution < -0.4 is 24.5 Å². The van der Waals surface area contributed by atoms with Gasteiger partial charge in [0.1, 0.15) is 17.5 Å². The summed E-state index contributed by atoms with van der Waals surface area (Å²) in [5.41, 5.74) is 0.959. The number of para-hydroxylation sites is 1. The minimum Gasteiger partial charge on any atom is -0.496 e. The molecule has 44 heavy (non-hydrogen) atoms. The van der Waals surface area contributed by atoms with E-state index in [1.807, 2.05) is 6.07 Å². The van der Waals surface area contributed by atoms with E-state index in [1.54, 1.807) is 61.7 Å². The zero-order valence-electron chi connectivity index (χ0n) is 23.6. The highest BCUT2D eigenvalue weighted by atomic mass is 16.6. The third-order valence-electron chi connectivity index (χ3n) is 6.66. The molecule has 0 saturated carbocycles. The molecule has 0 aliphatic carbocycles. The number of rotatable bonds is 9. The molecule has 0 amide bonds. The number of hydrogen-bond acceptors (Lipinski definition) is 11. The van der Waals surface area contributed by atoms with Crippen LogP contribution >= 0.6 is 0 Å². The van der Waals surface area contributed by atoms with E-state index < -0.39 is 10.5 Å².